The molecular weight excluding hydrogens is 162 g/mol. The topological polar surface area (TPSA) is 67.9 Å². The summed E-state index contributed by atoms with van der Waals surface area (Å²) < 4.78 is 0. The fraction of sp³-hybridized carbons (Fsp3) is 0.500. The fourth-order valence-corrected chi connectivity index (χ4v) is 0.703. The molecular formula is C6H7N3OS. The number of hydrogen-bond donors (Lipinski definition) is 1. The summed E-state index contributed by atoms with van der Waals surface area (Å²) in [5.41, 5.74) is 0. The molecule has 4 nitrogen and oxygen atoms in total. The molecule has 0 aliphatic rings. The Labute approximate surface area is 70.4 Å². The lowest BCUT2D eigenvalue weighted by Gasteiger charge is -2.13. The zero-order chi connectivity index (χ0) is 8.69. The second-order valence-electron chi connectivity index (χ2n) is 1.72. The molecule has 0 aromatic rings. The summed E-state index contributed by atoms with van der Waals surface area (Å²) in [5, 5.41) is 16.5. The maximum absolute atomic E-state index is 10.8. The van der Waals surface area contributed by atoms with Gasteiger partial charge in [0.25, 0.3) is 0 Å². The Bertz CT molecular complexity index is 199. The lowest BCUT2D eigenvalue weighted by atomic mass is 10.5. The van der Waals surface area contributed by atoms with Gasteiger partial charge in [0.15, 0.2) is 0 Å². The Morgan fingerprint density at radius 3 is 2.09 bits per heavy atom. The average Bonchev–Trinajstić information content (AvgIpc) is 2.03. The van der Waals surface area contributed by atoms with E-state index in [0.717, 1.165) is 4.90 Å². The van der Waals surface area contributed by atoms with Crippen LogP contribution in [0.5, 0.6) is 0 Å². The van der Waals surface area contributed by atoms with Crippen molar-refractivity contribution < 1.29 is 4.79 Å². The molecule has 0 saturated heterocycles. The molecule has 5 heteroatoms. The number of carbonyl (C=O) groups excluding carboxylic acids is 1. The van der Waals surface area contributed by atoms with Crippen LogP contribution in [0.1, 0.15) is 0 Å². The first-order valence-corrected chi connectivity index (χ1v) is 3.52. The van der Waals surface area contributed by atoms with Gasteiger partial charge in [-0.25, -0.2) is 0 Å². The third kappa shape index (κ3) is 3.49. The van der Waals surface area contributed by atoms with Crippen LogP contribution in [0.25, 0.3) is 0 Å². The third-order valence-electron chi connectivity index (χ3n) is 1.01. The lowest BCUT2D eigenvalue weighted by molar-refractivity contribution is -0.127. The van der Waals surface area contributed by atoms with E-state index in [1.807, 2.05) is 0 Å². The van der Waals surface area contributed by atoms with Gasteiger partial charge in [0.05, 0.1) is 17.9 Å². The minimum atomic E-state index is -0.295. The summed E-state index contributed by atoms with van der Waals surface area (Å²) in [7, 11) is 0. The number of hydrogen-bond acceptors (Lipinski definition) is 4. The quantitative estimate of drug-likeness (QED) is 0.469. The molecule has 0 N–H and O–H groups in total. The Morgan fingerprint density at radius 2 is 1.82 bits per heavy atom. The normalized spacial score (nSPS) is 7.91. The van der Waals surface area contributed by atoms with Crippen molar-refractivity contribution in [3.8, 4) is 12.1 Å². The van der Waals surface area contributed by atoms with Crippen LogP contribution < -0.4 is 0 Å². The molecule has 0 unspecified atom stereocenters. The largest absolute Gasteiger partial charge is 0.315 e. The summed E-state index contributed by atoms with van der Waals surface area (Å²) in [6.07, 6.45) is 0. The SMILES string of the molecule is N#CCN(CC#N)C(=O)CS. The highest BCUT2D eigenvalue weighted by Gasteiger charge is 2.09. The molecule has 0 atom stereocenters. The van der Waals surface area contributed by atoms with Crippen LogP contribution in [0.15, 0.2) is 0 Å². The average molecular weight is 169 g/mol. The summed E-state index contributed by atoms with van der Waals surface area (Å²) in [5.74, 6) is -0.264. The molecule has 0 aliphatic heterocycles. The molecule has 58 valence electrons. The van der Waals surface area contributed by atoms with Gasteiger partial charge in [-0.15, -0.1) is 0 Å². The molecule has 0 spiro atoms. The molecule has 0 saturated carbocycles. The van der Waals surface area contributed by atoms with E-state index in [1.54, 1.807) is 12.1 Å². The van der Waals surface area contributed by atoms with Gasteiger partial charge in [0.2, 0.25) is 5.91 Å². The van der Waals surface area contributed by atoms with Crippen molar-refractivity contribution in [1.29, 1.82) is 10.5 Å². The number of nitriles is 2. The van der Waals surface area contributed by atoms with E-state index in [1.165, 1.54) is 0 Å². The molecule has 0 radical (unpaired) electrons. The molecule has 0 heterocycles. The number of carbonyl (C=O) groups is 1. The van der Waals surface area contributed by atoms with E-state index in [-0.39, 0.29) is 24.7 Å². The van der Waals surface area contributed by atoms with E-state index in [9.17, 15) is 4.79 Å². The molecule has 0 aliphatic carbocycles. The Hall–Kier alpha value is -1.20. The summed E-state index contributed by atoms with van der Waals surface area (Å²) in [4.78, 5) is 12.0. The first-order chi connectivity index (χ1) is 5.26. The van der Waals surface area contributed by atoms with Gasteiger partial charge >= 0.3 is 0 Å². The molecule has 0 aromatic heterocycles. The summed E-state index contributed by atoms with van der Waals surface area (Å²) in [6, 6.07) is 3.58. The fourth-order valence-electron chi connectivity index (χ4n) is 0.503. The Balaban J connectivity index is 4.02. The van der Waals surface area contributed by atoms with Crippen molar-refractivity contribution >= 4 is 18.5 Å². The Morgan fingerprint density at radius 1 is 1.36 bits per heavy atom. The zero-order valence-electron chi connectivity index (χ0n) is 5.82. The van der Waals surface area contributed by atoms with Crippen molar-refractivity contribution in [3.05, 3.63) is 0 Å². The highest BCUT2D eigenvalue weighted by Crippen LogP contribution is 1.89. The van der Waals surface area contributed by atoms with E-state index in [2.05, 4.69) is 12.6 Å². The summed E-state index contributed by atoms with van der Waals surface area (Å²) >= 11 is 3.73. The van der Waals surface area contributed by atoms with Gasteiger partial charge in [-0.3, -0.25) is 4.79 Å². The molecule has 0 rings (SSSR count). The minimum Gasteiger partial charge on any atom is -0.315 e. The monoisotopic (exact) mass is 169 g/mol. The molecule has 0 bridgehead atoms. The van der Waals surface area contributed by atoms with Gasteiger partial charge < -0.3 is 4.90 Å². The zero-order valence-corrected chi connectivity index (χ0v) is 6.71. The van der Waals surface area contributed by atoms with Gasteiger partial charge in [0, 0.05) is 0 Å². The highest BCUT2D eigenvalue weighted by molar-refractivity contribution is 7.81. The van der Waals surface area contributed by atoms with E-state index >= 15 is 0 Å². The molecule has 1 amide bonds. The van der Waals surface area contributed by atoms with Crippen molar-refractivity contribution in [2.75, 3.05) is 18.8 Å². The predicted octanol–water partition coefficient (Wildman–Crippen LogP) is -0.208. The highest BCUT2D eigenvalue weighted by atomic mass is 32.1. The van der Waals surface area contributed by atoms with Crippen molar-refractivity contribution in [2.24, 2.45) is 0 Å². The minimum absolute atomic E-state index is 0.0311. The van der Waals surface area contributed by atoms with Gasteiger partial charge in [-0.1, -0.05) is 0 Å². The number of thiol groups is 1. The van der Waals surface area contributed by atoms with E-state index in [0.29, 0.717) is 0 Å². The van der Waals surface area contributed by atoms with Crippen LogP contribution in [0.4, 0.5) is 0 Å². The smallest absolute Gasteiger partial charge is 0.234 e. The van der Waals surface area contributed by atoms with Crippen LogP contribution in [0.2, 0.25) is 0 Å². The lowest BCUT2D eigenvalue weighted by Crippen LogP contribution is -2.32. The van der Waals surface area contributed by atoms with Crippen LogP contribution in [0, 0.1) is 22.7 Å². The van der Waals surface area contributed by atoms with Crippen molar-refractivity contribution in [1.82, 2.24) is 4.90 Å². The number of nitrogens with zero attached hydrogens (tertiary/aromatic N) is 3. The van der Waals surface area contributed by atoms with Gasteiger partial charge in [0.1, 0.15) is 13.1 Å². The molecule has 0 aromatic carbocycles. The second kappa shape index (κ2) is 5.57. The first kappa shape index (κ1) is 9.80. The number of rotatable bonds is 3. The molecule has 11 heavy (non-hydrogen) atoms. The second-order valence-corrected chi connectivity index (χ2v) is 2.04. The first-order valence-electron chi connectivity index (χ1n) is 2.88. The van der Waals surface area contributed by atoms with Crippen molar-refractivity contribution in [2.45, 2.75) is 0 Å². The maximum atomic E-state index is 10.8. The maximum Gasteiger partial charge on any atom is 0.234 e. The number of amides is 1. The van der Waals surface area contributed by atoms with Crippen LogP contribution in [-0.2, 0) is 4.79 Å². The Kier molecular flexibility index (Phi) is 4.97. The van der Waals surface area contributed by atoms with Crippen molar-refractivity contribution in [3.63, 3.8) is 0 Å². The standard InChI is InChI=1S/C6H7N3OS/c7-1-3-9(4-2-8)6(10)5-11/h11H,3-5H2. The van der Waals surface area contributed by atoms with Crippen LogP contribution in [-0.4, -0.2) is 29.6 Å². The van der Waals surface area contributed by atoms with Crippen LogP contribution in [0.3, 0.4) is 0 Å². The van der Waals surface area contributed by atoms with E-state index in [4.69, 9.17) is 10.5 Å². The van der Waals surface area contributed by atoms with Gasteiger partial charge in [-0.05, 0) is 0 Å². The van der Waals surface area contributed by atoms with Crippen LogP contribution >= 0.6 is 12.6 Å². The molecule has 0 fully saturated rings. The van der Waals surface area contributed by atoms with E-state index < -0.39 is 0 Å². The summed E-state index contributed by atoms with van der Waals surface area (Å²) in [6.45, 7) is -0.0973. The van der Waals surface area contributed by atoms with Gasteiger partial charge in [-0.2, -0.15) is 23.2 Å². The predicted molar refractivity (Wildman–Crippen MR) is 41.7 cm³/mol. The third-order valence-corrected chi connectivity index (χ3v) is 1.28.